The molecule has 15 heteroatoms. The van der Waals surface area contributed by atoms with E-state index in [-0.39, 0.29) is 0 Å². The van der Waals surface area contributed by atoms with E-state index in [1.807, 2.05) is 0 Å². The maximum absolute atomic E-state index is 10.8. The Labute approximate surface area is 196 Å². The molecule has 3 saturated heterocycles. The summed E-state index contributed by atoms with van der Waals surface area (Å²) in [6.07, 6.45) is -14.0. The van der Waals surface area contributed by atoms with Crippen molar-refractivity contribution in [2.45, 2.75) is 98.9 Å². The summed E-state index contributed by atoms with van der Waals surface area (Å²) in [4.78, 5) is 0. The Hall–Kier alpha value is -0.600. The third-order valence-corrected chi connectivity index (χ3v) is 6.53. The van der Waals surface area contributed by atoms with Crippen molar-refractivity contribution in [1.29, 1.82) is 0 Å². The topological polar surface area (TPSA) is 255 Å². The second kappa shape index (κ2) is 11.6. The van der Waals surface area contributed by atoms with Crippen molar-refractivity contribution < 1.29 is 59.1 Å². The van der Waals surface area contributed by atoms with Crippen LogP contribution in [0.4, 0.5) is 0 Å². The van der Waals surface area contributed by atoms with E-state index in [0.717, 1.165) is 0 Å². The van der Waals surface area contributed by atoms with E-state index < -0.39 is 105 Å². The number of aliphatic hydroxyl groups excluding tert-OH is 6. The van der Waals surface area contributed by atoms with Gasteiger partial charge in [-0.3, -0.25) is 0 Å². The van der Waals surface area contributed by atoms with E-state index in [0.29, 0.717) is 0 Å². The van der Waals surface area contributed by atoms with Crippen molar-refractivity contribution in [3.63, 3.8) is 0 Å². The van der Waals surface area contributed by atoms with Gasteiger partial charge in [0.15, 0.2) is 18.9 Å². The highest BCUT2D eigenvalue weighted by atomic mass is 16.7. The zero-order valence-corrected chi connectivity index (χ0v) is 18.9. The molecule has 12 N–H and O–H groups in total. The lowest BCUT2D eigenvalue weighted by Crippen LogP contribution is -2.68. The summed E-state index contributed by atoms with van der Waals surface area (Å²) in [6.45, 7) is 0.506. The van der Waals surface area contributed by atoms with Crippen LogP contribution in [-0.4, -0.2) is 143 Å². The van der Waals surface area contributed by atoms with Gasteiger partial charge in [0.05, 0.1) is 37.4 Å². The molecule has 0 spiro atoms. The van der Waals surface area contributed by atoms with E-state index in [1.54, 1.807) is 6.92 Å². The molecule has 3 rings (SSSR count). The molecular formula is C19H37N3O12. The molecule has 3 aliphatic heterocycles. The molecule has 10 unspecified atom stereocenters. The lowest BCUT2D eigenvalue weighted by Gasteiger charge is -2.48. The maximum Gasteiger partial charge on any atom is 0.176 e. The molecule has 3 fully saturated rings. The maximum atomic E-state index is 10.8. The van der Waals surface area contributed by atoms with Crippen LogP contribution in [0.2, 0.25) is 0 Å². The fourth-order valence-electron chi connectivity index (χ4n) is 4.43. The first kappa shape index (κ1) is 28.0. The van der Waals surface area contributed by atoms with Crippen LogP contribution in [0.25, 0.3) is 0 Å². The molecule has 0 radical (unpaired) electrons. The minimum atomic E-state index is -1.51. The molecule has 0 saturated carbocycles. The molecule has 15 nitrogen and oxygen atoms in total. The molecule has 15 atom stereocenters. The molecule has 3 heterocycles. The molecular weight excluding hydrogens is 462 g/mol. The fourth-order valence-corrected chi connectivity index (χ4v) is 4.43. The minimum absolute atomic E-state index is 0.467. The average Bonchev–Trinajstić information content (AvgIpc) is 2.82. The van der Waals surface area contributed by atoms with Gasteiger partial charge in [0, 0.05) is 7.11 Å². The van der Waals surface area contributed by atoms with Crippen LogP contribution in [0.15, 0.2) is 0 Å². The first-order valence-electron chi connectivity index (χ1n) is 11.1. The zero-order chi connectivity index (χ0) is 25.3. The lowest BCUT2D eigenvalue weighted by atomic mass is 9.95. The minimum Gasteiger partial charge on any atom is -0.394 e. The molecule has 0 aromatic heterocycles. The van der Waals surface area contributed by atoms with Crippen molar-refractivity contribution in [3.8, 4) is 0 Å². The summed E-state index contributed by atoms with van der Waals surface area (Å²) < 4.78 is 33.3. The highest BCUT2D eigenvalue weighted by Crippen LogP contribution is 2.31. The summed E-state index contributed by atoms with van der Waals surface area (Å²) in [5, 5.41) is 60.5. The Morgan fingerprint density at radius 1 is 0.676 bits per heavy atom. The number of nitrogens with two attached hydrogens (primary N) is 3. The number of hydrogen-bond donors (Lipinski definition) is 9. The zero-order valence-electron chi connectivity index (χ0n) is 18.9. The molecule has 0 amide bonds. The number of rotatable bonds is 7. The standard InChI is InChI=1S/C19H37N3O12/c1-5-14(33-19-10(22)13(27)15(29-2)6(3-23)32-19)12(26)9(21)18(30-5)34-16-7(4-24)31-17(28)8(20)11(16)25/h5-19,23-28H,3-4,20-22H2,1-2H3/t5?,6?,7?,8?,9?,10?,11?,12?,13?,14-,15-,16-,17-,18?,19+/m1/s1. The fraction of sp³-hybridized carbons (Fsp3) is 1.00. The normalized spacial score (nSPS) is 52.5. The van der Waals surface area contributed by atoms with Gasteiger partial charge in [0.25, 0.3) is 0 Å². The third-order valence-electron chi connectivity index (χ3n) is 6.53. The van der Waals surface area contributed by atoms with Crippen molar-refractivity contribution in [3.05, 3.63) is 0 Å². The van der Waals surface area contributed by atoms with E-state index in [4.69, 9.17) is 45.6 Å². The monoisotopic (exact) mass is 499 g/mol. The quantitative estimate of drug-likeness (QED) is 0.158. The van der Waals surface area contributed by atoms with Crippen LogP contribution in [0.3, 0.4) is 0 Å². The van der Waals surface area contributed by atoms with Gasteiger partial charge < -0.3 is 76.3 Å². The Balaban J connectivity index is 1.68. The highest BCUT2D eigenvalue weighted by molar-refractivity contribution is 4.98. The number of aliphatic hydroxyl groups is 6. The second-order valence-electron chi connectivity index (χ2n) is 8.79. The van der Waals surface area contributed by atoms with Crippen LogP contribution < -0.4 is 17.2 Å². The molecule has 3 aliphatic rings. The second-order valence-corrected chi connectivity index (χ2v) is 8.79. The SMILES string of the molecule is CO[C@@H]1C(CO)O[C@@H](O[C@@H]2C(C)OC(O[C@@H]3C(CO)O[C@@H](O)C(N)C3O)C(N)C2O)C(N)C1O. The summed E-state index contributed by atoms with van der Waals surface area (Å²) >= 11 is 0. The Morgan fingerprint density at radius 2 is 1.15 bits per heavy atom. The first-order valence-corrected chi connectivity index (χ1v) is 11.1. The number of ether oxygens (including phenoxy) is 6. The van der Waals surface area contributed by atoms with Crippen LogP contribution in [0.5, 0.6) is 0 Å². The largest absolute Gasteiger partial charge is 0.394 e. The molecule has 0 aliphatic carbocycles. The Morgan fingerprint density at radius 3 is 1.71 bits per heavy atom. The molecule has 0 aromatic carbocycles. The van der Waals surface area contributed by atoms with Gasteiger partial charge in [-0.1, -0.05) is 0 Å². The van der Waals surface area contributed by atoms with E-state index >= 15 is 0 Å². The van der Waals surface area contributed by atoms with Gasteiger partial charge in [-0.2, -0.15) is 0 Å². The lowest BCUT2D eigenvalue weighted by molar-refractivity contribution is -0.344. The Bertz CT molecular complexity index is 648. The molecule has 0 bridgehead atoms. The Kier molecular flexibility index (Phi) is 9.57. The van der Waals surface area contributed by atoms with Gasteiger partial charge in [-0.05, 0) is 6.92 Å². The van der Waals surface area contributed by atoms with Crippen LogP contribution in [-0.2, 0) is 28.4 Å². The van der Waals surface area contributed by atoms with Gasteiger partial charge in [0.1, 0.15) is 48.8 Å². The smallest absolute Gasteiger partial charge is 0.176 e. The summed E-state index contributed by atoms with van der Waals surface area (Å²) in [5.41, 5.74) is 17.9. The summed E-state index contributed by atoms with van der Waals surface area (Å²) in [6, 6.07) is -3.47. The molecule has 34 heavy (non-hydrogen) atoms. The van der Waals surface area contributed by atoms with Gasteiger partial charge >= 0.3 is 0 Å². The van der Waals surface area contributed by atoms with Crippen LogP contribution in [0, 0.1) is 0 Å². The predicted molar refractivity (Wildman–Crippen MR) is 111 cm³/mol. The van der Waals surface area contributed by atoms with Crippen molar-refractivity contribution in [2.24, 2.45) is 17.2 Å². The number of methoxy groups -OCH3 is 1. The predicted octanol–water partition coefficient (Wildman–Crippen LogP) is -5.99. The van der Waals surface area contributed by atoms with E-state index in [2.05, 4.69) is 0 Å². The highest BCUT2D eigenvalue weighted by Gasteiger charge is 2.51. The average molecular weight is 500 g/mol. The van der Waals surface area contributed by atoms with Gasteiger partial charge in [-0.25, -0.2) is 0 Å². The van der Waals surface area contributed by atoms with Gasteiger partial charge in [0.2, 0.25) is 0 Å². The third kappa shape index (κ3) is 5.39. The van der Waals surface area contributed by atoms with E-state index in [9.17, 15) is 30.6 Å². The summed E-state index contributed by atoms with van der Waals surface area (Å²) in [5.74, 6) is 0. The van der Waals surface area contributed by atoms with Crippen LogP contribution in [0.1, 0.15) is 6.92 Å². The van der Waals surface area contributed by atoms with Crippen LogP contribution >= 0.6 is 0 Å². The summed E-state index contributed by atoms with van der Waals surface area (Å²) in [7, 11) is 1.34. The van der Waals surface area contributed by atoms with Crippen molar-refractivity contribution >= 4 is 0 Å². The van der Waals surface area contributed by atoms with Gasteiger partial charge in [-0.15, -0.1) is 0 Å². The molecule has 0 aromatic rings. The van der Waals surface area contributed by atoms with Crippen molar-refractivity contribution in [1.82, 2.24) is 0 Å². The first-order chi connectivity index (χ1) is 16.0. The number of hydrogen-bond acceptors (Lipinski definition) is 15. The molecule has 200 valence electrons. The van der Waals surface area contributed by atoms with Crippen molar-refractivity contribution in [2.75, 3.05) is 20.3 Å². The van der Waals surface area contributed by atoms with E-state index in [1.165, 1.54) is 7.11 Å².